The van der Waals surface area contributed by atoms with Crippen molar-refractivity contribution in [2.24, 2.45) is 5.92 Å². The van der Waals surface area contributed by atoms with Crippen LogP contribution in [0.3, 0.4) is 0 Å². The van der Waals surface area contributed by atoms with Crippen LogP contribution in [0.4, 0.5) is 0 Å². The van der Waals surface area contributed by atoms with E-state index in [2.05, 4.69) is 59.5 Å². The summed E-state index contributed by atoms with van der Waals surface area (Å²) in [6.07, 6.45) is 0.261. The van der Waals surface area contributed by atoms with E-state index in [1.807, 2.05) is 19.1 Å². The van der Waals surface area contributed by atoms with Crippen LogP contribution in [-0.2, 0) is 20.3 Å². The van der Waals surface area contributed by atoms with Crippen LogP contribution < -0.4 is 4.74 Å². The van der Waals surface area contributed by atoms with Crippen LogP contribution in [0.5, 0.6) is 5.75 Å². The van der Waals surface area contributed by atoms with Gasteiger partial charge >= 0.3 is 0 Å². The first-order chi connectivity index (χ1) is 12.9. The van der Waals surface area contributed by atoms with E-state index in [1.54, 1.807) is 7.11 Å². The molecule has 0 unspecified atom stereocenters. The molecular formula is C23H38O4Si. The van der Waals surface area contributed by atoms with Gasteiger partial charge in [0.2, 0.25) is 0 Å². The summed E-state index contributed by atoms with van der Waals surface area (Å²) < 4.78 is 24.4. The Bertz CT molecular complexity index is 648. The maximum Gasteiger partial charge on any atom is 0.193 e. The number of hydrogen-bond donors (Lipinski definition) is 0. The minimum absolute atomic E-state index is 0.0522. The van der Waals surface area contributed by atoms with E-state index in [9.17, 15) is 0 Å². The molecule has 1 heterocycles. The Morgan fingerprint density at radius 2 is 1.86 bits per heavy atom. The second-order valence-electron chi connectivity index (χ2n) is 9.54. The van der Waals surface area contributed by atoms with Crippen molar-refractivity contribution in [2.75, 3.05) is 13.7 Å². The van der Waals surface area contributed by atoms with E-state index in [-0.39, 0.29) is 29.5 Å². The fourth-order valence-electron chi connectivity index (χ4n) is 3.08. The fraction of sp³-hybridized carbons (Fsp3) is 0.652. The molecule has 0 saturated carbocycles. The fourth-order valence-corrected chi connectivity index (χ4v) is 4.40. The van der Waals surface area contributed by atoms with Crippen LogP contribution in [0.15, 0.2) is 36.4 Å². The van der Waals surface area contributed by atoms with Crippen molar-refractivity contribution < 1.29 is 18.6 Å². The van der Waals surface area contributed by atoms with Crippen molar-refractivity contribution in [2.45, 2.75) is 77.7 Å². The van der Waals surface area contributed by atoms with Crippen molar-refractivity contribution in [3.8, 4) is 5.75 Å². The Labute approximate surface area is 172 Å². The minimum atomic E-state index is -1.95. The molecule has 4 atom stereocenters. The minimum Gasteiger partial charge on any atom is -0.497 e. The largest absolute Gasteiger partial charge is 0.497 e. The lowest BCUT2D eigenvalue weighted by Crippen LogP contribution is -2.53. The van der Waals surface area contributed by atoms with Gasteiger partial charge in [0.15, 0.2) is 14.6 Å². The van der Waals surface area contributed by atoms with Crippen molar-refractivity contribution in [1.29, 1.82) is 0 Å². The molecule has 0 radical (unpaired) electrons. The molecule has 4 nitrogen and oxygen atoms in total. The Kier molecular flexibility index (Phi) is 7.54. The summed E-state index contributed by atoms with van der Waals surface area (Å²) in [5, 5.41) is 0.137. The quantitative estimate of drug-likeness (QED) is 0.437. The van der Waals surface area contributed by atoms with E-state index in [0.717, 1.165) is 16.9 Å². The molecule has 1 aromatic rings. The smallest absolute Gasteiger partial charge is 0.193 e. The Hall–Kier alpha value is -1.14. The Balaban J connectivity index is 2.13. The van der Waals surface area contributed by atoms with Gasteiger partial charge in [-0.15, -0.1) is 0 Å². The molecule has 0 spiro atoms. The molecular weight excluding hydrogens is 368 g/mol. The first-order valence-electron chi connectivity index (χ1n) is 10.2. The van der Waals surface area contributed by atoms with Crippen molar-refractivity contribution in [1.82, 2.24) is 0 Å². The van der Waals surface area contributed by atoms with Gasteiger partial charge in [-0.2, -0.15) is 0 Å². The van der Waals surface area contributed by atoms with Gasteiger partial charge in [-0.1, -0.05) is 52.0 Å². The maximum atomic E-state index is 6.74. The monoisotopic (exact) mass is 406 g/mol. The van der Waals surface area contributed by atoms with Gasteiger partial charge in [0.05, 0.1) is 25.9 Å². The predicted molar refractivity (Wildman–Crippen MR) is 117 cm³/mol. The molecule has 0 bridgehead atoms. The molecule has 1 aliphatic rings. The standard InChI is InChI=1S/C23H38O4Si/c1-16(2)21(27-28(8,9)23(4,5)6)22-17(3)15-25-20(26-22)14-18-10-12-19(24-7)13-11-18/h10-13,17,20-22H,1,14-15H2,2-9H3/t17-,20-,21-,22-/m1/s1. The normalized spacial score (nSPS) is 24.6. The SMILES string of the molecule is C=C(C)[C@@H](O[Si](C)(C)C(C)(C)C)[C@@H]1O[C@H](Cc2ccc(OC)cc2)OC[C@H]1C. The summed E-state index contributed by atoms with van der Waals surface area (Å²) in [4.78, 5) is 0. The maximum absolute atomic E-state index is 6.74. The molecule has 1 saturated heterocycles. The topological polar surface area (TPSA) is 36.9 Å². The summed E-state index contributed by atoms with van der Waals surface area (Å²) in [6.45, 7) is 20.4. The molecule has 1 aromatic carbocycles. The van der Waals surface area contributed by atoms with Gasteiger partial charge in [0, 0.05) is 12.3 Å². The van der Waals surface area contributed by atoms with E-state index in [4.69, 9.17) is 18.6 Å². The molecule has 0 amide bonds. The van der Waals surface area contributed by atoms with Crippen LogP contribution in [0.25, 0.3) is 0 Å². The molecule has 0 aliphatic carbocycles. The summed E-state index contributed by atoms with van der Waals surface area (Å²) in [5.41, 5.74) is 2.18. The number of ether oxygens (including phenoxy) is 3. The molecule has 158 valence electrons. The second kappa shape index (κ2) is 9.12. The molecule has 1 fully saturated rings. The highest BCUT2D eigenvalue weighted by molar-refractivity contribution is 6.74. The van der Waals surface area contributed by atoms with E-state index in [1.165, 1.54) is 0 Å². The average Bonchev–Trinajstić information content (AvgIpc) is 2.61. The van der Waals surface area contributed by atoms with Gasteiger partial charge in [-0.25, -0.2) is 0 Å². The molecule has 2 rings (SSSR count). The third-order valence-electron chi connectivity index (χ3n) is 5.99. The van der Waals surface area contributed by atoms with Gasteiger partial charge in [0.1, 0.15) is 5.75 Å². The number of methoxy groups -OCH3 is 1. The van der Waals surface area contributed by atoms with Crippen LogP contribution >= 0.6 is 0 Å². The van der Waals surface area contributed by atoms with Crippen molar-refractivity contribution in [3.63, 3.8) is 0 Å². The third-order valence-corrected chi connectivity index (χ3v) is 10.4. The summed E-state index contributed by atoms with van der Waals surface area (Å²) in [5.74, 6) is 1.10. The number of rotatable bonds is 7. The third kappa shape index (κ3) is 5.69. The lowest BCUT2D eigenvalue weighted by atomic mass is 9.95. The second-order valence-corrected chi connectivity index (χ2v) is 14.3. The highest BCUT2D eigenvalue weighted by atomic mass is 28.4. The zero-order valence-corrected chi connectivity index (χ0v) is 19.9. The number of hydrogen-bond acceptors (Lipinski definition) is 4. The summed E-state index contributed by atoms with van der Waals surface area (Å²) >= 11 is 0. The first kappa shape index (κ1) is 23.1. The zero-order chi connectivity index (χ0) is 21.1. The van der Waals surface area contributed by atoms with Crippen LogP contribution in [0, 0.1) is 5.92 Å². The molecule has 1 aliphatic heterocycles. The van der Waals surface area contributed by atoms with Gasteiger partial charge in [-0.05, 0) is 42.8 Å². The van der Waals surface area contributed by atoms with Gasteiger partial charge < -0.3 is 18.6 Å². The average molecular weight is 407 g/mol. The highest BCUT2D eigenvalue weighted by Gasteiger charge is 2.44. The van der Waals surface area contributed by atoms with E-state index in [0.29, 0.717) is 13.0 Å². The van der Waals surface area contributed by atoms with E-state index >= 15 is 0 Å². The lowest BCUT2D eigenvalue weighted by Gasteiger charge is -2.45. The Morgan fingerprint density at radius 1 is 1.25 bits per heavy atom. The van der Waals surface area contributed by atoms with Gasteiger partial charge in [0.25, 0.3) is 0 Å². The predicted octanol–water partition coefficient (Wildman–Crippen LogP) is 5.58. The molecule has 28 heavy (non-hydrogen) atoms. The van der Waals surface area contributed by atoms with Crippen molar-refractivity contribution in [3.05, 3.63) is 42.0 Å². The summed E-state index contributed by atoms with van der Waals surface area (Å²) in [7, 11) is -0.271. The van der Waals surface area contributed by atoms with Crippen LogP contribution in [0.1, 0.15) is 40.2 Å². The van der Waals surface area contributed by atoms with E-state index < -0.39 is 8.32 Å². The number of benzene rings is 1. The Morgan fingerprint density at radius 3 is 2.36 bits per heavy atom. The van der Waals surface area contributed by atoms with Gasteiger partial charge in [-0.3, -0.25) is 0 Å². The van der Waals surface area contributed by atoms with Crippen molar-refractivity contribution >= 4 is 8.32 Å². The van der Waals surface area contributed by atoms with Crippen LogP contribution in [0.2, 0.25) is 18.1 Å². The first-order valence-corrected chi connectivity index (χ1v) is 13.1. The summed E-state index contributed by atoms with van der Waals surface area (Å²) in [6, 6.07) is 8.05. The highest BCUT2D eigenvalue weighted by Crippen LogP contribution is 2.40. The molecule has 5 heteroatoms. The lowest BCUT2D eigenvalue weighted by molar-refractivity contribution is -0.247. The molecule has 0 N–H and O–H groups in total. The zero-order valence-electron chi connectivity index (χ0n) is 18.9. The molecule has 0 aromatic heterocycles. The van der Waals surface area contributed by atoms with Crippen LogP contribution in [-0.4, -0.2) is 40.5 Å².